The van der Waals surface area contributed by atoms with Crippen LogP contribution in [0.15, 0.2) is 48.6 Å². The van der Waals surface area contributed by atoms with Crippen LogP contribution in [0.4, 0.5) is 0 Å². The third-order valence-corrected chi connectivity index (χ3v) is 18.0. The minimum atomic E-state index is -1.83. The Hall–Kier alpha value is 0.293. The zero-order chi connectivity index (χ0) is 18.7. The van der Waals surface area contributed by atoms with Gasteiger partial charge in [-0.25, -0.2) is 0 Å². The summed E-state index contributed by atoms with van der Waals surface area (Å²) in [5.41, 5.74) is 0. The molecule has 6 aliphatic rings. The van der Waals surface area contributed by atoms with Gasteiger partial charge in [-0.15, -0.1) is 0 Å². The number of hydrogen-bond donors (Lipinski definition) is 0. The maximum atomic E-state index is 5.25. The van der Waals surface area contributed by atoms with Crippen LogP contribution in [-0.2, 0) is 21.3 Å². The number of fused-ring (bicyclic) bond motifs is 6. The van der Waals surface area contributed by atoms with Gasteiger partial charge < -0.3 is 24.8 Å². The molecule has 0 bridgehead atoms. The van der Waals surface area contributed by atoms with Crippen molar-refractivity contribution in [3.05, 3.63) is 48.6 Å². The van der Waals surface area contributed by atoms with Crippen LogP contribution in [0.3, 0.4) is 0 Å². The molecule has 0 aromatic carbocycles. The monoisotopic (exact) mass is 520 g/mol. The molecule has 30 heavy (non-hydrogen) atoms. The maximum Gasteiger partial charge on any atom is -1.00 e. The molecule has 4 saturated carbocycles. The fourth-order valence-electron chi connectivity index (χ4n) is 8.92. The van der Waals surface area contributed by atoms with Gasteiger partial charge in [0.2, 0.25) is 0 Å². The summed E-state index contributed by atoms with van der Waals surface area (Å²) in [4.78, 5) is 0. The molecule has 0 N–H and O–H groups in total. The number of rotatable bonds is 2. The number of allylic oxidation sites excluding steroid dienone is 8. The Morgan fingerprint density at radius 1 is 0.500 bits per heavy atom. The summed E-state index contributed by atoms with van der Waals surface area (Å²) in [7, 11) is 0. The first kappa shape index (κ1) is 23.5. The van der Waals surface area contributed by atoms with Gasteiger partial charge in [-0.1, -0.05) is 0 Å². The van der Waals surface area contributed by atoms with Gasteiger partial charge in [0.05, 0.1) is 0 Å². The van der Waals surface area contributed by atoms with Crippen molar-refractivity contribution in [3.8, 4) is 0 Å². The van der Waals surface area contributed by atoms with Crippen molar-refractivity contribution in [1.29, 1.82) is 0 Å². The molecule has 6 rings (SSSR count). The summed E-state index contributed by atoms with van der Waals surface area (Å²) < 4.78 is 7.28. The van der Waals surface area contributed by atoms with E-state index in [9.17, 15) is 0 Å². The molecule has 0 spiro atoms. The van der Waals surface area contributed by atoms with Crippen molar-refractivity contribution in [2.24, 2.45) is 47.3 Å². The van der Waals surface area contributed by atoms with E-state index < -0.39 is 21.3 Å². The predicted molar refractivity (Wildman–Crippen MR) is 116 cm³/mol. The first-order valence-electron chi connectivity index (χ1n) is 12.2. The second-order valence-electron chi connectivity index (χ2n) is 10.7. The summed E-state index contributed by atoms with van der Waals surface area (Å²) in [6, 6.07) is 0. The first-order valence-corrected chi connectivity index (χ1v) is 16.8. The Morgan fingerprint density at radius 2 is 0.833 bits per heavy atom. The van der Waals surface area contributed by atoms with E-state index in [-0.39, 0.29) is 24.8 Å². The molecule has 6 aliphatic carbocycles. The van der Waals surface area contributed by atoms with Crippen LogP contribution < -0.4 is 24.8 Å². The molecule has 10 unspecified atom stereocenters. The Bertz CT molecular complexity index is 703. The van der Waals surface area contributed by atoms with Gasteiger partial charge in [0.1, 0.15) is 0 Å². The zero-order valence-corrected chi connectivity index (χ0v) is 22.0. The molecular formula is C27H36Cl2Zr. The van der Waals surface area contributed by atoms with E-state index in [0.29, 0.717) is 0 Å². The minimum absolute atomic E-state index is 0. The summed E-state index contributed by atoms with van der Waals surface area (Å²) in [5, 5.41) is 0. The van der Waals surface area contributed by atoms with Crippen LogP contribution in [0.25, 0.3) is 0 Å². The van der Waals surface area contributed by atoms with Gasteiger partial charge in [-0.3, -0.25) is 0 Å². The van der Waals surface area contributed by atoms with Crippen LogP contribution >= 0.6 is 0 Å². The average molecular weight is 523 g/mol. The topological polar surface area (TPSA) is 0 Å². The van der Waals surface area contributed by atoms with Crippen LogP contribution in [0.5, 0.6) is 0 Å². The molecular weight excluding hydrogens is 486 g/mol. The van der Waals surface area contributed by atoms with Crippen LogP contribution in [-0.4, -0.2) is 4.21 Å². The van der Waals surface area contributed by atoms with Gasteiger partial charge >= 0.3 is 180 Å². The van der Waals surface area contributed by atoms with Gasteiger partial charge in [-0.05, 0) is 0 Å². The van der Waals surface area contributed by atoms with E-state index in [0.717, 1.165) is 54.6 Å². The quantitative estimate of drug-likeness (QED) is 0.508. The molecule has 162 valence electrons. The molecule has 0 amide bonds. The predicted octanol–water partition coefficient (Wildman–Crippen LogP) is 0.978. The maximum absolute atomic E-state index is 5.25. The normalized spacial score (nSPS) is 47.0. The van der Waals surface area contributed by atoms with Crippen LogP contribution in [0, 0.1) is 47.3 Å². The third kappa shape index (κ3) is 3.62. The fourth-order valence-corrected chi connectivity index (χ4v) is 18.8. The minimum Gasteiger partial charge on any atom is -1.00 e. The average Bonchev–Trinajstić information content (AvgIpc) is 3.27. The van der Waals surface area contributed by atoms with E-state index in [4.69, 9.17) is 4.21 Å². The molecule has 4 fully saturated rings. The van der Waals surface area contributed by atoms with E-state index in [1.54, 1.807) is 0 Å². The molecule has 0 aliphatic heterocycles. The van der Waals surface area contributed by atoms with Crippen LogP contribution in [0.2, 0.25) is 7.25 Å². The van der Waals surface area contributed by atoms with Crippen molar-refractivity contribution in [3.63, 3.8) is 0 Å². The summed E-state index contributed by atoms with van der Waals surface area (Å²) in [6.07, 6.45) is 32.0. The van der Waals surface area contributed by atoms with Crippen LogP contribution in [0.1, 0.15) is 51.4 Å². The Balaban J connectivity index is 0.00000109. The molecule has 0 aromatic heterocycles. The SMILES string of the molecule is [CH2]=[Zr+2]([CH]1C2C=CC=CC2C2CCCCC21)[CH]1C2C=CC=CC2C2CCCCC21.[Cl-].[Cl-]. The molecule has 0 saturated heterocycles. The van der Waals surface area contributed by atoms with Gasteiger partial charge in [-0.2, -0.15) is 0 Å². The van der Waals surface area contributed by atoms with E-state index in [1.165, 1.54) is 51.4 Å². The molecule has 3 heteroatoms. The largest absolute Gasteiger partial charge is 1.00 e. The van der Waals surface area contributed by atoms with Crippen molar-refractivity contribution in [2.45, 2.75) is 58.6 Å². The fraction of sp³-hybridized carbons (Fsp3) is 0.667. The third-order valence-electron chi connectivity index (χ3n) is 9.79. The number of hydrogen-bond acceptors (Lipinski definition) is 0. The molecule has 0 heterocycles. The molecule has 0 nitrogen and oxygen atoms in total. The van der Waals surface area contributed by atoms with Crippen molar-refractivity contribution in [2.75, 3.05) is 0 Å². The zero-order valence-electron chi connectivity index (χ0n) is 18.0. The van der Waals surface area contributed by atoms with Gasteiger partial charge in [0.15, 0.2) is 0 Å². The van der Waals surface area contributed by atoms with Crippen molar-refractivity contribution in [1.82, 2.24) is 0 Å². The summed E-state index contributed by atoms with van der Waals surface area (Å²) in [6.45, 7) is 0. The summed E-state index contributed by atoms with van der Waals surface area (Å²) in [5.74, 6) is 7.45. The van der Waals surface area contributed by atoms with E-state index in [1.807, 2.05) is 0 Å². The van der Waals surface area contributed by atoms with Crippen molar-refractivity contribution < 1.29 is 46.1 Å². The Morgan fingerprint density at radius 3 is 1.23 bits per heavy atom. The molecule has 10 atom stereocenters. The summed E-state index contributed by atoms with van der Waals surface area (Å²) >= 11 is -1.83. The Kier molecular flexibility index (Phi) is 7.54. The second kappa shape index (κ2) is 9.65. The van der Waals surface area contributed by atoms with E-state index in [2.05, 4.69) is 48.6 Å². The van der Waals surface area contributed by atoms with E-state index >= 15 is 0 Å². The van der Waals surface area contributed by atoms with Crippen molar-refractivity contribution >= 4 is 4.21 Å². The van der Waals surface area contributed by atoms with Gasteiger partial charge in [0, 0.05) is 0 Å². The van der Waals surface area contributed by atoms with Gasteiger partial charge in [0.25, 0.3) is 0 Å². The Labute approximate surface area is 203 Å². The number of halogens is 2. The smallest absolute Gasteiger partial charge is 1.00 e. The molecule has 0 aromatic rings. The first-order chi connectivity index (χ1) is 13.8. The second-order valence-corrected chi connectivity index (χ2v) is 16.8. The standard InChI is InChI=1S/2C13H17.CH2.2ClH.Zr/c2*1-3-7-12-10(5-1)9-11-6-2-4-8-13(11)12;;;;/h2*1,3,5,7,9-13H,2,4,6,8H2;1H2;2*1H;/q;;;;;+2/p-2. The molecule has 0 radical (unpaired) electrons.